The Labute approximate surface area is 152 Å². The molecule has 0 spiro atoms. The molecule has 126 valence electrons. The third-order valence-electron chi connectivity index (χ3n) is 4.11. The monoisotopic (exact) mass is 363 g/mol. The zero-order valence-electron chi connectivity index (χ0n) is 13.4. The van der Waals surface area contributed by atoms with Crippen LogP contribution < -0.4 is 10.2 Å². The fraction of sp³-hybridized carbons (Fsp3) is 0.278. The van der Waals surface area contributed by atoms with E-state index in [4.69, 9.17) is 23.2 Å². The van der Waals surface area contributed by atoms with Crippen LogP contribution in [-0.2, 0) is 0 Å². The number of urea groups is 1. The molecule has 2 amide bonds. The Balaban J connectivity index is 1.60. The Morgan fingerprint density at radius 1 is 1.04 bits per heavy atom. The van der Waals surface area contributed by atoms with E-state index >= 15 is 0 Å². The first-order valence-corrected chi connectivity index (χ1v) is 8.62. The largest absolute Gasteiger partial charge is 0.367 e. The number of piperazine rings is 1. The lowest BCUT2D eigenvalue weighted by Gasteiger charge is -2.36. The van der Waals surface area contributed by atoms with E-state index in [1.807, 2.05) is 48.2 Å². The summed E-state index contributed by atoms with van der Waals surface area (Å²) in [6.07, 6.45) is 0. The zero-order valence-corrected chi connectivity index (χ0v) is 14.9. The molecule has 0 aromatic heterocycles. The van der Waals surface area contributed by atoms with Gasteiger partial charge in [0.15, 0.2) is 0 Å². The Hall–Kier alpha value is -1.91. The molecule has 6 heteroatoms. The van der Waals surface area contributed by atoms with Gasteiger partial charge in [-0.15, -0.1) is 0 Å². The first-order chi connectivity index (χ1) is 11.5. The number of hydrogen-bond donors (Lipinski definition) is 1. The summed E-state index contributed by atoms with van der Waals surface area (Å²) in [7, 11) is 0. The molecule has 0 unspecified atom stereocenters. The van der Waals surface area contributed by atoms with E-state index in [0.717, 1.165) is 30.0 Å². The minimum absolute atomic E-state index is 0.0718. The van der Waals surface area contributed by atoms with Crippen LogP contribution in [-0.4, -0.2) is 37.1 Å². The topological polar surface area (TPSA) is 35.6 Å². The minimum atomic E-state index is -0.0718. The molecular weight excluding hydrogens is 345 g/mol. The molecular formula is C18H19Cl2N3O. The highest BCUT2D eigenvalue weighted by Crippen LogP contribution is 2.32. The molecule has 2 aromatic rings. The molecule has 4 nitrogen and oxygen atoms in total. The van der Waals surface area contributed by atoms with Gasteiger partial charge in [0.1, 0.15) is 0 Å². The first-order valence-electron chi connectivity index (χ1n) is 7.86. The molecule has 24 heavy (non-hydrogen) atoms. The standard InChI is InChI=1S/C18H19Cl2N3O/c1-13-4-2-5-14(12-13)21-18(24)23-10-8-22(9-11-23)16-7-3-6-15(19)17(16)20/h2-7,12H,8-11H2,1H3,(H,21,24). The number of aryl methyl sites for hydroxylation is 1. The molecule has 0 bridgehead atoms. The predicted octanol–water partition coefficient (Wildman–Crippen LogP) is 4.66. The maximum Gasteiger partial charge on any atom is 0.321 e. The second-order valence-electron chi connectivity index (χ2n) is 5.85. The first kappa shape index (κ1) is 16.9. The van der Waals surface area contributed by atoms with Crippen LogP contribution in [0.3, 0.4) is 0 Å². The van der Waals surface area contributed by atoms with Gasteiger partial charge in [-0.2, -0.15) is 0 Å². The average molecular weight is 364 g/mol. The van der Waals surface area contributed by atoms with Crippen molar-refractivity contribution >= 4 is 40.6 Å². The number of amides is 2. The highest BCUT2D eigenvalue weighted by atomic mass is 35.5. The van der Waals surface area contributed by atoms with Crippen LogP contribution in [0.4, 0.5) is 16.2 Å². The zero-order chi connectivity index (χ0) is 17.1. The van der Waals surface area contributed by atoms with Crippen molar-refractivity contribution in [2.24, 2.45) is 0 Å². The quantitative estimate of drug-likeness (QED) is 0.842. The molecule has 3 rings (SSSR count). The number of hydrogen-bond acceptors (Lipinski definition) is 2. The summed E-state index contributed by atoms with van der Waals surface area (Å²) in [6, 6.07) is 13.3. The van der Waals surface area contributed by atoms with Crippen LogP contribution in [0.15, 0.2) is 42.5 Å². The summed E-state index contributed by atoms with van der Waals surface area (Å²) in [4.78, 5) is 16.4. The van der Waals surface area contributed by atoms with Crippen molar-refractivity contribution in [3.05, 3.63) is 58.1 Å². The van der Waals surface area contributed by atoms with Crippen molar-refractivity contribution < 1.29 is 4.79 Å². The van der Waals surface area contributed by atoms with Gasteiger partial charge in [-0.05, 0) is 36.8 Å². The van der Waals surface area contributed by atoms with Crippen LogP contribution in [0.25, 0.3) is 0 Å². The van der Waals surface area contributed by atoms with Crippen LogP contribution >= 0.6 is 23.2 Å². The van der Waals surface area contributed by atoms with Crippen molar-refractivity contribution in [1.82, 2.24) is 4.90 Å². The number of carbonyl (C=O) groups is 1. The third-order valence-corrected chi connectivity index (χ3v) is 4.92. The molecule has 1 heterocycles. The van der Waals surface area contributed by atoms with Gasteiger partial charge in [0.2, 0.25) is 0 Å². The smallest absolute Gasteiger partial charge is 0.321 e. The van der Waals surface area contributed by atoms with Crippen molar-refractivity contribution in [2.45, 2.75) is 6.92 Å². The van der Waals surface area contributed by atoms with E-state index in [1.54, 1.807) is 6.07 Å². The number of nitrogens with zero attached hydrogens (tertiary/aromatic N) is 2. The minimum Gasteiger partial charge on any atom is -0.367 e. The van der Waals surface area contributed by atoms with Gasteiger partial charge >= 0.3 is 6.03 Å². The number of nitrogens with one attached hydrogen (secondary N) is 1. The van der Waals surface area contributed by atoms with Crippen LogP contribution in [0.5, 0.6) is 0 Å². The SMILES string of the molecule is Cc1cccc(NC(=O)N2CCN(c3cccc(Cl)c3Cl)CC2)c1. The Morgan fingerprint density at radius 3 is 2.46 bits per heavy atom. The lowest BCUT2D eigenvalue weighted by atomic mass is 10.2. The lowest BCUT2D eigenvalue weighted by Crippen LogP contribution is -2.50. The Kier molecular flexibility index (Phi) is 5.17. The normalized spacial score (nSPS) is 14.6. The summed E-state index contributed by atoms with van der Waals surface area (Å²) in [5.41, 5.74) is 2.86. The van der Waals surface area contributed by atoms with Crippen molar-refractivity contribution in [3.8, 4) is 0 Å². The van der Waals surface area contributed by atoms with Gasteiger partial charge in [-0.1, -0.05) is 41.4 Å². The molecule has 1 saturated heterocycles. The second kappa shape index (κ2) is 7.32. The van der Waals surface area contributed by atoms with Gasteiger partial charge < -0.3 is 15.1 Å². The molecule has 0 aliphatic carbocycles. The van der Waals surface area contributed by atoms with Gasteiger partial charge in [-0.25, -0.2) is 4.79 Å². The highest BCUT2D eigenvalue weighted by molar-refractivity contribution is 6.43. The number of benzene rings is 2. The molecule has 1 N–H and O–H groups in total. The maximum atomic E-state index is 12.4. The predicted molar refractivity (Wildman–Crippen MR) is 100 cm³/mol. The number of rotatable bonds is 2. The summed E-state index contributed by atoms with van der Waals surface area (Å²) in [5, 5.41) is 4.07. The fourth-order valence-corrected chi connectivity index (χ4v) is 3.23. The van der Waals surface area contributed by atoms with E-state index in [9.17, 15) is 4.79 Å². The van der Waals surface area contributed by atoms with E-state index in [2.05, 4.69) is 10.2 Å². The summed E-state index contributed by atoms with van der Waals surface area (Å²) >= 11 is 12.4. The van der Waals surface area contributed by atoms with Gasteiger partial charge in [0.25, 0.3) is 0 Å². The van der Waals surface area contributed by atoms with Crippen LogP contribution in [0, 0.1) is 6.92 Å². The van der Waals surface area contributed by atoms with Crippen LogP contribution in [0.1, 0.15) is 5.56 Å². The molecule has 0 atom stereocenters. The molecule has 0 radical (unpaired) electrons. The Bertz CT molecular complexity index is 743. The summed E-state index contributed by atoms with van der Waals surface area (Å²) in [6.45, 7) is 4.73. The van der Waals surface area contributed by atoms with Gasteiger partial charge in [-0.3, -0.25) is 0 Å². The number of carbonyl (C=O) groups excluding carboxylic acids is 1. The average Bonchev–Trinajstić information content (AvgIpc) is 2.57. The van der Waals surface area contributed by atoms with E-state index in [-0.39, 0.29) is 6.03 Å². The van der Waals surface area contributed by atoms with Crippen molar-refractivity contribution in [1.29, 1.82) is 0 Å². The molecule has 2 aromatic carbocycles. The van der Waals surface area contributed by atoms with Crippen molar-refractivity contribution in [3.63, 3.8) is 0 Å². The lowest BCUT2D eigenvalue weighted by molar-refractivity contribution is 0.208. The van der Waals surface area contributed by atoms with E-state index < -0.39 is 0 Å². The van der Waals surface area contributed by atoms with E-state index in [1.165, 1.54) is 0 Å². The molecule has 1 aliphatic heterocycles. The third kappa shape index (κ3) is 3.77. The molecule has 1 fully saturated rings. The van der Waals surface area contributed by atoms with E-state index in [0.29, 0.717) is 23.1 Å². The number of halogens is 2. The van der Waals surface area contributed by atoms with Crippen molar-refractivity contribution in [2.75, 3.05) is 36.4 Å². The fourth-order valence-electron chi connectivity index (χ4n) is 2.81. The van der Waals surface area contributed by atoms with Crippen LogP contribution in [0.2, 0.25) is 10.0 Å². The molecule has 1 aliphatic rings. The molecule has 0 saturated carbocycles. The second-order valence-corrected chi connectivity index (χ2v) is 6.63. The van der Waals surface area contributed by atoms with Gasteiger partial charge in [0.05, 0.1) is 15.7 Å². The number of anilines is 2. The maximum absolute atomic E-state index is 12.4. The van der Waals surface area contributed by atoms with Gasteiger partial charge in [0, 0.05) is 31.9 Å². The highest BCUT2D eigenvalue weighted by Gasteiger charge is 2.23. The Morgan fingerprint density at radius 2 is 1.75 bits per heavy atom. The summed E-state index contributed by atoms with van der Waals surface area (Å²) in [5.74, 6) is 0. The summed E-state index contributed by atoms with van der Waals surface area (Å²) < 4.78 is 0.